The minimum atomic E-state index is -3.59. The number of halogens is 1. The highest BCUT2D eigenvalue weighted by Crippen LogP contribution is 2.39. The fourth-order valence-corrected chi connectivity index (χ4v) is 7.03. The maximum atomic E-state index is 14.0. The van der Waals surface area contributed by atoms with Crippen molar-refractivity contribution in [2.75, 3.05) is 43.7 Å². The first-order chi connectivity index (χ1) is 19.2. The van der Waals surface area contributed by atoms with Crippen molar-refractivity contribution in [1.29, 1.82) is 0 Å². The summed E-state index contributed by atoms with van der Waals surface area (Å²) >= 11 is 6.25. The zero-order chi connectivity index (χ0) is 28.0. The number of amidine groups is 1. The quantitative estimate of drug-likeness (QED) is 0.548. The van der Waals surface area contributed by atoms with Gasteiger partial charge in [-0.15, -0.1) is 0 Å². The van der Waals surface area contributed by atoms with Crippen LogP contribution in [0.5, 0.6) is 0 Å². The Balaban J connectivity index is 1.34. The molecule has 1 aromatic carbocycles. The number of nitrogens with two attached hydrogens (primary N) is 1. The van der Waals surface area contributed by atoms with Crippen LogP contribution in [0.2, 0.25) is 5.02 Å². The number of nitrogens with one attached hydrogen (secondary N) is 1. The smallest absolute Gasteiger partial charge is 0.256 e. The summed E-state index contributed by atoms with van der Waals surface area (Å²) in [6.07, 6.45) is 7.76. The van der Waals surface area contributed by atoms with Gasteiger partial charge in [-0.25, -0.2) is 18.1 Å². The van der Waals surface area contributed by atoms with Crippen LogP contribution in [0, 0.1) is 0 Å². The molecule has 0 radical (unpaired) electrons. The molecule has 5 heterocycles. The second-order valence-corrected chi connectivity index (χ2v) is 13.6. The summed E-state index contributed by atoms with van der Waals surface area (Å²) < 4.78 is 28.5. The van der Waals surface area contributed by atoms with E-state index in [0.717, 1.165) is 88.3 Å². The van der Waals surface area contributed by atoms with Gasteiger partial charge in [0.2, 0.25) is 10.0 Å². The Morgan fingerprint density at radius 3 is 2.62 bits per heavy atom. The van der Waals surface area contributed by atoms with Crippen LogP contribution in [0.3, 0.4) is 0 Å². The van der Waals surface area contributed by atoms with Crippen LogP contribution in [0.4, 0.5) is 11.5 Å². The van der Waals surface area contributed by atoms with E-state index in [4.69, 9.17) is 27.4 Å². The van der Waals surface area contributed by atoms with Gasteiger partial charge >= 0.3 is 0 Å². The standard InChI is InChI=1S/C27H37ClN8O3S/c1-40(38,39)32-21-9-8-18(28)14-20(21)27(37)35-13-3-2-7-23(35)22-15-25-30-24(33-11-5-12-33)16-26(36(25)31-22)34-10-4-6-19(29)17-34/h8-9,14-15,19,23,26,32H,2-7,10-13,16-17,29H2,1H3. The van der Waals surface area contributed by atoms with Gasteiger partial charge in [0, 0.05) is 56.3 Å². The van der Waals surface area contributed by atoms with Crippen LogP contribution < -0.4 is 10.5 Å². The predicted octanol–water partition coefficient (Wildman–Crippen LogP) is 3.34. The van der Waals surface area contributed by atoms with Gasteiger partial charge in [-0.1, -0.05) is 11.6 Å². The molecule has 3 atom stereocenters. The molecule has 4 aliphatic heterocycles. The van der Waals surface area contributed by atoms with E-state index in [1.807, 2.05) is 15.6 Å². The summed E-state index contributed by atoms with van der Waals surface area (Å²) in [7, 11) is -3.59. The van der Waals surface area contributed by atoms with Crippen molar-refractivity contribution in [2.45, 2.75) is 63.2 Å². The maximum Gasteiger partial charge on any atom is 0.256 e. The second-order valence-electron chi connectivity index (χ2n) is 11.4. The van der Waals surface area contributed by atoms with Gasteiger partial charge in [0.1, 0.15) is 12.0 Å². The first kappa shape index (κ1) is 27.5. The van der Waals surface area contributed by atoms with E-state index in [1.165, 1.54) is 18.6 Å². The number of aliphatic imine (C=N–C) groups is 1. The number of carbonyl (C=O) groups excluding carboxylic acids is 1. The summed E-state index contributed by atoms with van der Waals surface area (Å²) in [6, 6.07) is 6.56. The largest absolute Gasteiger partial charge is 0.360 e. The number of hydrogen-bond donors (Lipinski definition) is 2. The van der Waals surface area contributed by atoms with E-state index in [1.54, 1.807) is 6.07 Å². The molecule has 216 valence electrons. The molecule has 0 spiro atoms. The summed E-state index contributed by atoms with van der Waals surface area (Å²) in [4.78, 5) is 25.6. The predicted molar refractivity (Wildman–Crippen MR) is 155 cm³/mol. The lowest BCUT2D eigenvalue weighted by Gasteiger charge is -2.42. The molecule has 3 saturated heterocycles. The van der Waals surface area contributed by atoms with Crippen molar-refractivity contribution in [3.05, 3.63) is 40.5 Å². The summed E-state index contributed by atoms with van der Waals surface area (Å²) in [6.45, 7) is 4.40. The van der Waals surface area contributed by atoms with Crippen molar-refractivity contribution in [3.8, 4) is 0 Å². The fourth-order valence-electron chi connectivity index (χ4n) is 6.28. The minimum absolute atomic E-state index is 0.0365. The van der Waals surface area contributed by atoms with E-state index in [2.05, 4.69) is 14.5 Å². The third-order valence-corrected chi connectivity index (χ3v) is 9.20. The number of piperidine rings is 2. The monoisotopic (exact) mass is 588 g/mol. The van der Waals surface area contributed by atoms with Gasteiger partial charge in [-0.05, 0) is 56.7 Å². The first-order valence-electron chi connectivity index (χ1n) is 14.2. The molecule has 1 aromatic heterocycles. The number of likely N-dealkylation sites (tertiary alicyclic amines) is 3. The molecule has 2 aromatic rings. The van der Waals surface area contributed by atoms with Crippen LogP contribution in [0.15, 0.2) is 29.3 Å². The molecule has 0 saturated carbocycles. The van der Waals surface area contributed by atoms with Crippen LogP contribution in [-0.2, 0) is 10.0 Å². The van der Waals surface area contributed by atoms with Crippen LogP contribution in [0.25, 0.3) is 0 Å². The van der Waals surface area contributed by atoms with E-state index < -0.39 is 10.0 Å². The zero-order valence-corrected chi connectivity index (χ0v) is 24.4. The molecule has 6 rings (SSSR count). The number of aromatic nitrogens is 2. The van der Waals surface area contributed by atoms with E-state index in [0.29, 0.717) is 11.6 Å². The molecule has 3 N–H and O–H groups in total. The lowest BCUT2D eigenvalue weighted by atomic mass is 9.98. The third kappa shape index (κ3) is 5.59. The van der Waals surface area contributed by atoms with Crippen LogP contribution >= 0.6 is 11.6 Å². The number of carbonyl (C=O) groups is 1. The molecule has 11 nitrogen and oxygen atoms in total. The third-order valence-electron chi connectivity index (χ3n) is 8.37. The van der Waals surface area contributed by atoms with Crippen molar-refractivity contribution < 1.29 is 13.2 Å². The lowest BCUT2D eigenvalue weighted by Crippen LogP contribution is -2.50. The number of sulfonamides is 1. The van der Waals surface area contributed by atoms with E-state index in [-0.39, 0.29) is 35.4 Å². The Hall–Kier alpha value is -2.67. The number of rotatable bonds is 5. The number of anilines is 1. The highest BCUT2D eigenvalue weighted by Gasteiger charge is 2.37. The molecule has 3 unspecified atom stereocenters. The van der Waals surface area contributed by atoms with Gasteiger partial charge in [-0.2, -0.15) is 5.10 Å². The fraction of sp³-hybridized carbons (Fsp3) is 0.593. The number of amides is 1. The molecule has 13 heteroatoms. The Morgan fingerprint density at radius 1 is 1.07 bits per heavy atom. The average molecular weight is 589 g/mol. The van der Waals surface area contributed by atoms with Crippen molar-refractivity contribution in [2.24, 2.45) is 10.7 Å². The molecular formula is C27H37ClN8O3S. The number of fused-ring (bicyclic) bond motifs is 1. The Kier molecular flexibility index (Phi) is 7.53. The molecule has 4 aliphatic rings. The van der Waals surface area contributed by atoms with E-state index in [9.17, 15) is 13.2 Å². The summed E-state index contributed by atoms with van der Waals surface area (Å²) in [5, 5.41) is 5.46. The highest BCUT2D eigenvalue weighted by atomic mass is 35.5. The van der Waals surface area contributed by atoms with Crippen molar-refractivity contribution >= 4 is 44.9 Å². The van der Waals surface area contributed by atoms with E-state index >= 15 is 0 Å². The molecule has 3 fully saturated rings. The van der Waals surface area contributed by atoms with Gasteiger partial charge in [0.25, 0.3) is 5.91 Å². The number of hydrogen-bond acceptors (Lipinski definition) is 8. The van der Waals surface area contributed by atoms with Crippen LogP contribution in [-0.4, -0.2) is 89.7 Å². The molecular weight excluding hydrogens is 552 g/mol. The summed E-state index contributed by atoms with van der Waals surface area (Å²) in [5.41, 5.74) is 7.62. The molecule has 40 heavy (non-hydrogen) atoms. The SMILES string of the molecule is CS(=O)(=O)Nc1ccc(Cl)cc1C(=O)N1CCCCC1c1cc2n(n1)C(N1CCCC(N)C1)CC(N1CCC1)=N2. The maximum absolute atomic E-state index is 14.0. The normalized spacial score (nSPS) is 25.7. The second kappa shape index (κ2) is 11.0. The van der Waals surface area contributed by atoms with Gasteiger partial charge in [0.15, 0.2) is 5.82 Å². The number of nitrogens with zero attached hydrogens (tertiary/aromatic N) is 6. The molecule has 1 amide bonds. The topological polar surface area (TPSA) is 129 Å². The lowest BCUT2D eigenvalue weighted by molar-refractivity contribution is 0.0600. The molecule has 0 aliphatic carbocycles. The molecule has 0 bridgehead atoms. The zero-order valence-electron chi connectivity index (χ0n) is 22.8. The minimum Gasteiger partial charge on any atom is -0.360 e. The highest BCUT2D eigenvalue weighted by molar-refractivity contribution is 7.92. The first-order valence-corrected chi connectivity index (χ1v) is 16.4. The average Bonchev–Trinajstić information content (AvgIpc) is 3.31. The Labute approximate surface area is 240 Å². The van der Waals surface area contributed by atoms with Crippen LogP contribution in [0.1, 0.15) is 73.2 Å². The number of benzene rings is 1. The Bertz CT molecular complexity index is 1420. The van der Waals surface area contributed by atoms with Gasteiger partial charge in [0.05, 0.1) is 29.2 Å². The summed E-state index contributed by atoms with van der Waals surface area (Å²) in [5.74, 6) is 1.64. The Morgan fingerprint density at radius 2 is 1.90 bits per heavy atom. The van der Waals surface area contributed by atoms with Crippen molar-refractivity contribution in [1.82, 2.24) is 24.5 Å². The van der Waals surface area contributed by atoms with Gasteiger partial charge in [-0.3, -0.25) is 14.4 Å². The van der Waals surface area contributed by atoms with Gasteiger partial charge < -0.3 is 15.5 Å². The van der Waals surface area contributed by atoms with Crippen molar-refractivity contribution in [3.63, 3.8) is 0 Å².